The normalized spacial score (nSPS) is 10.9. The second kappa shape index (κ2) is 9.63. The molecule has 0 aliphatic rings. The van der Waals surface area contributed by atoms with E-state index in [2.05, 4.69) is 10.6 Å². The molecule has 0 atom stereocenters. The lowest BCUT2D eigenvalue weighted by molar-refractivity contribution is -0.137. The van der Waals surface area contributed by atoms with Gasteiger partial charge in [0.1, 0.15) is 11.5 Å². The second-order valence-electron chi connectivity index (χ2n) is 5.63. The van der Waals surface area contributed by atoms with Crippen LogP contribution in [0.25, 0.3) is 0 Å². The first-order valence-electron chi connectivity index (χ1n) is 8.37. The molecule has 2 N–H and O–H groups in total. The average molecular weight is 396 g/mol. The van der Waals surface area contributed by atoms with Gasteiger partial charge in [0.05, 0.1) is 5.56 Å². The van der Waals surface area contributed by atoms with Crippen LogP contribution in [-0.4, -0.2) is 31.6 Å². The first-order valence-corrected chi connectivity index (χ1v) is 8.37. The number of alkyl halides is 3. The summed E-state index contributed by atoms with van der Waals surface area (Å²) in [5.41, 5.74) is -0.406. The standard InChI is InChI=1S/C19H19F3N2O4/c1-2-23-17(25)11-27-15-8-6-14(7-9-15)24-18(26)12-28-16-5-3-4-13(10-16)19(20,21)22/h3-10H,2,11-12H2,1H3,(H,23,25)(H,24,26). The largest absolute Gasteiger partial charge is 0.484 e. The Morgan fingerprint density at radius 3 is 2.21 bits per heavy atom. The molecule has 0 spiro atoms. The smallest absolute Gasteiger partial charge is 0.416 e. The summed E-state index contributed by atoms with van der Waals surface area (Å²) in [5.74, 6) is -0.386. The molecule has 2 aromatic rings. The summed E-state index contributed by atoms with van der Waals surface area (Å²) in [6, 6.07) is 10.6. The number of carbonyl (C=O) groups excluding carboxylic acids is 2. The summed E-state index contributed by atoms with van der Waals surface area (Å²) >= 11 is 0. The van der Waals surface area contributed by atoms with Gasteiger partial charge in [0, 0.05) is 12.2 Å². The summed E-state index contributed by atoms with van der Waals surface area (Å²) in [5, 5.41) is 5.14. The molecule has 2 rings (SSSR count). The van der Waals surface area contributed by atoms with Crippen LogP contribution >= 0.6 is 0 Å². The van der Waals surface area contributed by atoms with Crippen molar-refractivity contribution in [2.24, 2.45) is 0 Å². The fraction of sp³-hybridized carbons (Fsp3) is 0.263. The second-order valence-corrected chi connectivity index (χ2v) is 5.63. The molecule has 150 valence electrons. The van der Waals surface area contributed by atoms with E-state index in [0.717, 1.165) is 12.1 Å². The number of rotatable bonds is 8. The van der Waals surface area contributed by atoms with Crippen molar-refractivity contribution in [2.75, 3.05) is 25.1 Å². The number of hydrogen-bond donors (Lipinski definition) is 2. The van der Waals surface area contributed by atoms with Crippen LogP contribution in [0.4, 0.5) is 18.9 Å². The summed E-state index contributed by atoms with van der Waals surface area (Å²) in [6.07, 6.45) is -4.48. The molecule has 0 saturated heterocycles. The Morgan fingerprint density at radius 2 is 1.57 bits per heavy atom. The molecule has 0 saturated carbocycles. The number of likely N-dealkylation sites (N-methyl/N-ethyl adjacent to an activating group) is 1. The Kier molecular flexibility index (Phi) is 7.25. The Bertz CT molecular complexity index is 808. The highest BCUT2D eigenvalue weighted by Gasteiger charge is 2.30. The Morgan fingerprint density at radius 1 is 0.929 bits per heavy atom. The number of amides is 2. The molecule has 0 aliphatic carbocycles. The van der Waals surface area contributed by atoms with Crippen molar-refractivity contribution in [1.82, 2.24) is 5.32 Å². The molecule has 0 aliphatic heterocycles. The van der Waals surface area contributed by atoms with Gasteiger partial charge in [0.15, 0.2) is 13.2 Å². The van der Waals surface area contributed by atoms with Crippen LogP contribution < -0.4 is 20.1 Å². The lowest BCUT2D eigenvalue weighted by atomic mass is 10.2. The van der Waals surface area contributed by atoms with Gasteiger partial charge in [0.25, 0.3) is 11.8 Å². The maximum absolute atomic E-state index is 12.7. The molecule has 0 bridgehead atoms. The minimum atomic E-state index is -4.48. The SMILES string of the molecule is CCNC(=O)COc1ccc(NC(=O)COc2cccc(C(F)(F)F)c2)cc1. The Labute approximate surface area is 159 Å². The lowest BCUT2D eigenvalue weighted by Gasteiger charge is -2.11. The van der Waals surface area contributed by atoms with Gasteiger partial charge in [-0.05, 0) is 49.4 Å². The van der Waals surface area contributed by atoms with Crippen molar-refractivity contribution in [3.05, 3.63) is 54.1 Å². The molecule has 6 nitrogen and oxygen atoms in total. The minimum absolute atomic E-state index is 0.0564. The van der Waals surface area contributed by atoms with Gasteiger partial charge in [0.2, 0.25) is 0 Å². The van der Waals surface area contributed by atoms with Gasteiger partial charge in [-0.2, -0.15) is 13.2 Å². The van der Waals surface area contributed by atoms with E-state index in [1.807, 2.05) is 0 Å². The Hall–Kier alpha value is -3.23. The number of nitrogens with one attached hydrogen (secondary N) is 2. The molecule has 0 aromatic heterocycles. The first-order chi connectivity index (χ1) is 13.3. The molecule has 0 heterocycles. The molecule has 28 heavy (non-hydrogen) atoms. The number of halogens is 3. The average Bonchev–Trinajstić information content (AvgIpc) is 2.66. The number of benzene rings is 2. The van der Waals surface area contributed by atoms with Crippen molar-refractivity contribution in [3.8, 4) is 11.5 Å². The zero-order valence-electron chi connectivity index (χ0n) is 15.0. The third kappa shape index (κ3) is 6.82. The van der Waals surface area contributed by atoms with Crippen molar-refractivity contribution < 1.29 is 32.2 Å². The third-order valence-corrected chi connectivity index (χ3v) is 3.41. The molecule has 0 radical (unpaired) electrons. The maximum Gasteiger partial charge on any atom is 0.416 e. The van der Waals surface area contributed by atoms with E-state index in [9.17, 15) is 22.8 Å². The fourth-order valence-electron chi connectivity index (χ4n) is 2.14. The van der Waals surface area contributed by atoms with Crippen LogP contribution in [0.15, 0.2) is 48.5 Å². The van der Waals surface area contributed by atoms with Crippen LogP contribution in [0.5, 0.6) is 11.5 Å². The van der Waals surface area contributed by atoms with E-state index < -0.39 is 24.3 Å². The van der Waals surface area contributed by atoms with Gasteiger partial charge in [-0.1, -0.05) is 6.07 Å². The van der Waals surface area contributed by atoms with E-state index in [4.69, 9.17) is 9.47 Å². The van der Waals surface area contributed by atoms with Crippen molar-refractivity contribution in [2.45, 2.75) is 13.1 Å². The van der Waals surface area contributed by atoms with E-state index in [1.165, 1.54) is 12.1 Å². The van der Waals surface area contributed by atoms with E-state index >= 15 is 0 Å². The van der Waals surface area contributed by atoms with Crippen LogP contribution in [0.1, 0.15) is 12.5 Å². The molecule has 2 aromatic carbocycles. The van der Waals surface area contributed by atoms with E-state index in [0.29, 0.717) is 18.0 Å². The summed E-state index contributed by atoms with van der Waals surface area (Å²) in [6.45, 7) is 1.74. The van der Waals surface area contributed by atoms with Crippen LogP contribution in [-0.2, 0) is 15.8 Å². The van der Waals surface area contributed by atoms with Gasteiger partial charge < -0.3 is 20.1 Å². The summed E-state index contributed by atoms with van der Waals surface area (Å²) in [7, 11) is 0. The lowest BCUT2D eigenvalue weighted by Crippen LogP contribution is -2.28. The number of carbonyl (C=O) groups is 2. The van der Waals surface area contributed by atoms with Gasteiger partial charge in [-0.15, -0.1) is 0 Å². The monoisotopic (exact) mass is 396 g/mol. The summed E-state index contributed by atoms with van der Waals surface area (Å²) < 4.78 is 48.4. The zero-order valence-corrected chi connectivity index (χ0v) is 15.0. The number of ether oxygens (including phenoxy) is 2. The molecular formula is C19H19F3N2O4. The third-order valence-electron chi connectivity index (χ3n) is 3.41. The molecule has 9 heteroatoms. The fourth-order valence-corrected chi connectivity index (χ4v) is 2.14. The predicted molar refractivity (Wildman–Crippen MR) is 96.2 cm³/mol. The molecule has 2 amide bonds. The highest BCUT2D eigenvalue weighted by Crippen LogP contribution is 2.31. The van der Waals surface area contributed by atoms with Gasteiger partial charge in [-0.25, -0.2) is 0 Å². The molecule has 0 unspecified atom stereocenters. The van der Waals surface area contributed by atoms with Gasteiger partial charge >= 0.3 is 6.18 Å². The van der Waals surface area contributed by atoms with E-state index in [-0.39, 0.29) is 18.3 Å². The van der Waals surface area contributed by atoms with Crippen LogP contribution in [0.2, 0.25) is 0 Å². The van der Waals surface area contributed by atoms with E-state index in [1.54, 1.807) is 31.2 Å². The van der Waals surface area contributed by atoms with Crippen molar-refractivity contribution in [3.63, 3.8) is 0 Å². The topological polar surface area (TPSA) is 76.7 Å². The van der Waals surface area contributed by atoms with Crippen molar-refractivity contribution in [1.29, 1.82) is 0 Å². The minimum Gasteiger partial charge on any atom is -0.484 e. The van der Waals surface area contributed by atoms with Crippen LogP contribution in [0.3, 0.4) is 0 Å². The predicted octanol–water partition coefficient (Wildman–Crippen LogP) is 3.24. The van der Waals surface area contributed by atoms with Crippen molar-refractivity contribution >= 4 is 17.5 Å². The molecular weight excluding hydrogens is 377 g/mol. The summed E-state index contributed by atoms with van der Waals surface area (Å²) in [4.78, 5) is 23.2. The Balaban J connectivity index is 1.82. The number of hydrogen-bond acceptors (Lipinski definition) is 4. The van der Waals surface area contributed by atoms with Crippen LogP contribution in [0, 0.1) is 0 Å². The maximum atomic E-state index is 12.7. The number of anilines is 1. The molecule has 0 fully saturated rings. The highest BCUT2D eigenvalue weighted by atomic mass is 19.4. The zero-order chi connectivity index (χ0) is 20.6. The highest BCUT2D eigenvalue weighted by molar-refractivity contribution is 5.91. The first kappa shape index (κ1) is 21.1. The van der Waals surface area contributed by atoms with Gasteiger partial charge in [-0.3, -0.25) is 9.59 Å². The quantitative estimate of drug-likeness (QED) is 0.718.